The second kappa shape index (κ2) is 9.59. The van der Waals surface area contributed by atoms with Gasteiger partial charge in [-0.1, -0.05) is 18.2 Å². The molecule has 3 rings (SSSR count). The lowest BCUT2D eigenvalue weighted by Crippen LogP contribution is -2.43. The fourth-order valence-electron chi connectivity index (χ4n) is 3.20. The topological polar surface area (TPSA) is 79.1 Å². The van der Waals surface area contributed by atoms with E-state index in [0.717, 1.165) is 41.7 Å². The van der Waals surface area contributed by atoms with Crippen LogP contribution in [-0.4, -0.2) is 56.7 Å². The van der Waals surface area contributed by atoms with Gasteiger partial charge in [0.1, 0.15) is 17.9 Å². The molecule has 0 radical (unpaired) electrons. The van der Waals surface area contributed by atoms with Crippen molar-refractivity contribution in [2.45, 2.75) is 38.8 Å². The summed E-state index contributed by atoms with van der Waals surface area (Å²) in [4.78, 5) is 17.9. The monoisotopic (exact) mass is 386 g/mol. The van der Waals surface area contributed by atoms with Gasteiger partial charge in [0.2, 0.25) is 5.91 Å². The predicted octanol–water partition coefficient (Wildman–Crippen LogP) is 2.43. The number of para-hydroxylation sites is 1. The van der Waals surface area contributed by atoms with E-state index >= 15 is 0 Å². The molecule has 0 bridgehead atoms. The van der Waals surface area contributed by atoms with Crippen LogP contribution >= 0.6 is 0 Å². The minimum absolute atomic E-state index is 0.0464. The molecule has 2 N–H and O–H groups in total. The highest BCUT2D eigenvalue weighted by Gasteiger charge is 2.15. The SMILES string of the molecule is Cc1c(CNC(=NCC(=O)N(C)C)NCC2CCCCO2)oc2ccccc12. The van der Waals surface area contributed by atoms with Crippen LogP contribution in [0.2, 0.25) is 0 Å². The number of benzene rings is 1. The van der Waals surface area contributed by atoms with Crippen molar-refractivity contribution in [3.8, 4) is 0 Å². The largest absolute Gasteiger partial charge is 0.459 e. The van der Waals surface area contributed by atoms with Crippen LogP contribution in [0.1, 0.15) is 30.6 Å². The average Bonchev–Trinajstić information content (AvgIpc) is 3.03. The van der Waals surface area contributed by atoms with Crippen LogP contribution in [0.15, 0.2) is 33.7 Å². The summed E-state index contributed by atoms with van der Waals surface area (Å²) in [5.74, 6) is 1.41. The maximum absolute atomic E-state index is 11.9. The number of hydrogen-bond acceptors (Lipinski definition) is 4. The smallest absolute Gasteiger partial charge is 0.243 e. The summed E-state index contributed by atoms with van der Waals surface area (Å²) in [6.45, 7) is 4.12. The standard InChI is InChI=1S/C21H30N4O3/c1-15-17-9-4-5-10-18(17)28-19(15)13-23-21(24-14-20(26)25(2)3)22-12-16-8-6-7-11-27-16/h4-5,9-10,16H,6-8,11-14H2,1-3H3,(H2,22,23,24). The number of carbonyl (C=O) groups is 1. The number of nitrogens with one attached hydrogen (secondary N) is 2. The Labute approximate surface area is 166 Å². The quantitative estimate of drug-likeness (QED) is 0.589. The highest BCUT2D eigenvalue weighted by molar-refractivity contribution is 5.85. The summed E-state index contributed by atoms with van der Waals surface area (Å²) in [5.41, 5.74) is 1.99. The Balaban J connectivity index is 1.65. The van der Waals surface area contributed by atoms with Gasteiger partial charge in [-0.15, -0.1) is 0 Å². The molecule has 0 aliphatic carbocycles. The van der Waals surface area contributed by atoms with E-state index in [-0.39, 0.29) is 18.6 Å². The Morgan fingerprint density at radius 3 is 2.79 bits per heavy atom. The van der Waals surface area contributed by atoms with Crippen molar-refractivity contribution >= 4 is 22.8 Å². The molecule has 1 aliphatic heterocycles. The van der Waals surface area contributed by atoms with Crippen molar-refractivity contribution < 1.29 is 13.9 Å². The molecule has 1 unspecified atom stereocenters. The summed E-state index contributed by atoms with van der Waals surface area (Å²) in [6, 6.07) is 8.00. The third kappa shape index (κ3) is 5.25. The molecule has 1 atom stereocenters. The number of rotatable bonds is 6. The van der Waals surface area contributed by atoms with Crippen molar-refractivity contribution in [3.05, 3.63) is 35.6 Å². The lowest BCUT2D eigenvalue weighted by molar-refractivity contribution is -0.127. The van der Waals surface area contributed by atoms with Gasteiger partial charge >= 0.3 is 0 Å². The summed E-state index contributed by atoms with van der Waals surface area (Å²) >= 11 is 0. The predicted molar refractivity (Wildman–Crippen MR) is 110 cm³/mol. The van der Waals surface area contributed by atoms with Gasteiger partial charge in [0, 0.05) is 38.2 Å². The Bertz CT molecular complexity index is 822. The van der Waals surface area contributed by atoms with Gasteiger partial charge in [0.15, 0.2) is 5.96 Å². The van der Waals surface area contributed by atoms with Gasteiger partial charge in [0.05, 0.1) is 12.6 Å². The summed E-state index contributed by atoms with van der Waals surface area (Å²) < 4.78 is 11.7. The van der Waals surface area contributed by atoms with Crippen molar-refractivity contribution in [1.29, 1.82) is 0 Å². The first kappa shape index (κ1) is 20.2. The number of fused-ring (bicyclic) bond motifs is 1. The van der Waals surface area contributed by atoms with Crippen molar-refractivity contribution in [1.82, 2.24) is 15.5 Å². The van der Waals surface area contributed by atoms with Crippen molar-refractivity contribution in [2.24, 2.45) is 4.99 Å². The zero-order valence-corrected chi connectivity index (χ0v) is 17.0. The van der Waals surface area contributed by atoms with Gasteiger partial charge in [0.25, 0.3) is 0 Å². The van der Waals surface area contributed by atoms with Gasteiger partial charge < -0.3 is 24.7 Å². The number of likely N-dealkylation sites (N-methyl/N-ethyl adjacent to an activating group) is 1. The minimum atomic E-state index is -0.0464. The molecule has 7 nitrogen and oxygen atoms in total. The van der Waals surface area contributed by atoms with Gasteiger partial charge in [-0.3, -0.25) is 4.79 Å². The molecule has 28 heavy (non-hydrogen) atoms. The Morgan fingerprint density at radius 1 is 1.25 bits per heavy atom. The summed E-state index contributed by atoms with van der Waals surface area (Å²) in [7, 11) is 3.46. The number of ether oxygens (including phenoxy) is 1. The van der Waals surface area contributed by atoms with E-state index in [4.69, 9.17) is 9.15 Å². The van der Waals surface area contributed by atoms with E-state index in [0.29, 0.717) is 19.0 Å². The lowest BCUT2D eigenvalue weighted by Gasteiger charge is -2.23. The molecular weight excluding hydrogens is 356 g/mol. The highest BCUT2D eigenvalue weighted by Crippen LogP contribution is 2.24. The van der Waals surface area contributed by atoms with Crippen LogP contribution in [-0.2, 0) is 16.1 Å². The van der Waals surface area contributed by atoms with E-state index in [9.17, 15) is 4.79 Å². The van der Waals surface area contributed by atoms with Crippen LogP contribution in [0, 0.1) is 6.92 Å². The molecule has 0 saturated carbocycles. The van der Waals surface area contributed by atoms with Gasteiger partial charge in [-0.2, -0.15) is 0 Å². The number of carbonyl (C=O) groups excluding carboxylic acids is 1. The first-order valence-electron chi connectivity index (χ1n) is 9.85. The lowest BCUT2D eigenvalue weighted by atomic mass is 10.1. The molecule has 1 aliphatic rings. The number of aryl methyl sites for hydroxylation is 1. The third-order valence-corrected chi connectivity index (χ3v) is 5.00. The van der Waals surface area contributed by atoms with Gasteiger partial charge in [-0.25, -0.2) is 4.99 Å². The molecule has 1 aromatic heterocycles. The second-order valence-corrected chi connectivity index (χ2v) is 7.32. The molecule has 1 fully saturated rings. The summed E-state index contributed by atoms with van der Waals surface area (Å²) in [5, 5.41) is 7.71. The van der Waals surface area contributed by atoms with Crippen molar-refractivity contribution in [2.75, 3.05) is 33.8 Å². The molecule has 152 valence electrons. The molecule has 1 aromatic carbocycles. The molecular formula is C21H30N4O3. The molecule has 0 spiro atoms. The Morgan fingerprint density at radius 2 is 2.07 bits per heavy atom. The van der Waals surface area contributed by atoms with E-state index in [1.807, 2.05) is 18.2 Å². The fraction of sp³-hybridized carbons (Fsp3) is 0.524. The Kier molecular flexibility index (Phi) is 6.92. The molecule has 1 saturated heterocycles. The number of hydrogen-bond donors (Lipinski definition) is 2. The van der Waals surface area contributed by atoms with Gasteiger partial charge in [-0.05, 0) is 32.3 Å². The average molecular weight is 386 g/mol. The normalized spacial score (nSPS) is 17.5. The number of aliphatic imine (C=N–C) groups is 1. The molecule has 2 aromatic rings. The van der Waals surface area contributed by atoms with Crippen LogP contribution in [0.3, 0.4) is 0 Å². The minimum Gasteiger partial charge on any atom is -0.459 e. The maximum Gasteiger partial charge on any atom is 0.243 e. The van der Waals surface area contributed by atoms with Crippen LogP contribution in [0.5, 0.6) is 0 Å². The fourth-order valence-corrected chi connectivity index (χ4v) is 3.20. The third-order valence-electron chi connectivity index (χ3n) is 5.00. The van der Waals surface area contributed by atoms with E-state index in [1.165, 1.54) is 11.3 Å². The first-order chi connectivity index (χ1) is 13.5. The summed E-state index contributed by atoms with van der Waals surface area (Å²) in [6.07, 6.45) is 3.53. The molecule has 1 amide bonds. The number of nitrogens with zero attached hydrogens (tertiary/aromatic N) is 2. The molecule has 2 heterocycles. The van der Waals surface area contributed by atoms with E-state index < -0.39 is 0 Å². The molecule has 7 heteroatoms. The Hall–Kier alpha value is -2.54. The van der Waals surface area contributed by atoms with E-state index in [2.05, 4.69) is 28.6 Å². The number of guanidine groups is 1. The second-order valence-electron chi connectivity index (χ2n) is 7.32. The van der Waals surface area contributed by atoms with Crippen molar-refractivity contribution in [3.63, 3.8) is 0 Å². The van der Waals surface area contributed by atoms with E-state index in [1.54, 1.807) is 14.1 Å². The van der Waals surface area contributed by atoms with Crippen LogP contribution in [0.4, 0.5) is 0 Å². The highest BCUT2D eigenvalue weighted by atomic mass is 16.5. The first-order valence-corrected chi connectivity index (χ1v) is 9.85. The maximum atomic E-state index is 11.9. The van der Waals surface area contributed by atoms with Crippen LogP contribution in [0.25, 0.3) is 11.0 Å². The zero-order valence-electron chi connectivity index (χ0n) is 17.0. The number of furan rings is 1. The van der Waals surface area contributed by atoms with Crippen LogP contribution < -0.4 is 10.6 Å². The zero-order chi connectivity index (χ0) is 19.9. The number of amides is 1.